The van der Waals surface area contributed by atoms with Gasteiger partial charge in [0.1, 0.15) is 0 Å². The van der Waals surface area contributed by atoms with Gasteiger partial charge in [0, 0.05) is 37.2 Å². The molecular weight excluding hydrogens is 282 g/mol. The SMILES string of the molecule is COc1ccnc(N2CCC(c3noc(C4CC4)n3)CC2)n1. The Morgan fingerprint density at radius 1 is 1.14 bits per heavy atom. The molecule has 2 aliphatic rings. The second kappa shape index (κ2) is 5.55. The summed E-state index contributed by atoms with van der Waals surface area (Å²) in [6, 6.07) is 1.76. The quantitative estimate of drug-likeness (QED) is 0.856. The second-order valence-corrected chi connectivity index (χ2v) is 5.93. The maximum absolute atomic E-state index is 5.37. The maximum atomic E-state index is 5.37. The predicted octanol–water partition coefficient (Wildman–Crippen LogP) is 2.13. The molecule has 7 nitrogen and oxygen atoms in total. The molecule has 0 aromatic carbocycles. The highest BCUT2D eigenvalue weighted by Crippen LogP contribution is 2.39. The Morgan fingerprint density at radius 3 is 2.68 bits per heavy atom. The zero-order valence-electron chi connectivity index (χ0n) is 12.6. The second-order valence-electron chi connectivity index (χ2n) is 5.93. The van der Waals surface area contributed by atoms with E-state index in [4.69, 9.17) is 9.26 Å². The van der Waals surface area contributed by atoms with Gasteiger partial charge in [-0.15, -0.1) is 0 Å². The lowest BCUT2D eigenvalue weighted by Gasteiger charge is -2.30. The van der Waals surface area contributed by atoms with Gasteiger partial charge in [-0.05, 0) is 25.7 Å². The van der Waals surface area contributed by atoms with Crippen LogP contribution in [0.25, 0.3) is 0 Å². The van der Waals surface area contributed by atoms with Gasteiger partial charge in [-0.3, -0.25) is 0 Å². The fourth-order valence-electron chi connectivity index (χ4n) is 2.85. The molecule has 2 aromatic rings. The summed E-state index contributed by atoms with van der Waals surface area (Å²) >= 11 is 0. The molecule has 0 amide bonds. The van der Waals surface area contributed by atoms with Gasteiger partial charge in [-0.2, -0.15) is 9.97 Å². The Balaban J connectivity index is 1.40. The lowest BCUT2D eigenvalue weighted by Crippen LogP contribution is -2.34. The van der Waals surface area contributed by atoms with Crippen molar-refractivity contribution in [3.05, 3.63) is 24.0 Å². The Morgan fingerprint density at radius 2 is 1.95 bits per heavy atom. The van der Waals surface area contributed by atoms with Crippen LogP contribution in [-0.2, 0) is 0 Å². The molecule has 1 saturated heterocycles. The van der Waals surface area contributed by atoms with Crippen molar-refractivity contribution < 1.29 is 9.26 Å². The van der Waals surface area contributed by atoms with Gasteiger partial charge in [-0.25, -0.2) is 4.98 Å². The van der Waals surface area contributed by atoms with Gasteiger partial charge in [0.15, 0.2) is 5.82 Å². The van der Waals surface area contributed by atoms with E-state index in [9.17, 15) is 0 Å². The van der Waals surface area contributed by atoms with E-state index in [1.165, 1.54) is 12.8 Å². The number of nitrogens with zero attached hydrogens (tertiary/aromatic N) is 5. The van der Waals surface area contributed by atoms with Crippen molar-refractivity contribution in [2.75, 3.05) is 25.1 Å². The van der Waals surface area contributed by atoms with Crippen LogP contribution in [0.5, 0.6) is 5.88 Å². The van der Waals surface area contributed by atoms with Crippen molar-refractivity contribution in [2.45, 2.75) is 37.5 Å². The van der Waals surface area contributed by atoms with Crippen LogP contribution < -0.4 is 9.64 Å². The zero-order valence-corrected chi connectivity index (χ0v) is 12.6. The third-order valence-corrected chi connectivity index (χ3v) is 4.35. The molecule has 2 fully saturated rings. The maximum Gasteiger partial charge on any atom is 0.229 e. The molecule has 3 heterocycles. The summed E-state index contributed by atoms with van der Waals surface area (Å²) in [5.41, 5.74) is 0. The Labute approximate surface area is 128 Å². The summed E-state index contributed by atoms with van der Waals surface area (Å²) in [6.45, 7) is 1.79. The van der Waals surface area contributed by atoms with Crippen LogP contribution in [0.4, 0.5) is 5.95 Å². The van der Waals surface area contributed by atoms with Crippen molar-refractivity contribution in [3.8, 4) is 5.88 Å². The average Bonchev–Trinajstić information content (AvgIpc) is 3.32. The lowest BCUT2D eigenvalue weighted by atomic mass is 9.96. The van der Waals surface area contributed by atoms with E-state index in [1.807, 2.05) is 0 Å². The fraction of sp³-hybridized carbons (Fsp3) is 0.600. The molecule has 0 N–H and O–H groups in total. The van der Waals surface area contributed by atoms with Gasteiger partial charge in [0.25, 0.3) is 0 Å². The summed E-state index contributed by atoms with van der Waals surface area (Å²) in [5.74, 6) is 3.91. The molecule has 0 bridgehead atoms. The molecule has 7 heteroatoms. The monoisotopic (exact) mass is 301 g/mol. The van der Waals surface area contributed by atoms with Crippen LogP contribution in [0.2, 0.25) is 0 Å². The molecular formula is C15H19N5O2. The lowest BCUT2D eigenvalue weighted by molar-refractivity contribution is 0.364. The summed E-state index contributed by atoms with van der Waals surface area (Å²) in [4.78, 5) is 15.5. The standard InChI is InChI=1S/C15H19N5O2/c1-21-12-4-7-16-15(17-12)20-8-5-10(6-9-20)13-18-14(22-19-13)11-2-3-11/h4,7,10-11H,2-3,5-6,8-9H2,1H3. The number of aromatic nitrogens is 4. The Bertz CT molecular complexity index is 647. The largest absolute Gasteiger partial charge is 0.481 e. The topological polar surface area (TPSA) is 77.2 Å². The van der Waals surface area contributed by atoms with Crippen LogP contribution >= 0.6 is 0 Å². The smallest absolute Gasteiger partial charge is 0.229 e. The van der Waals surface area contributed by atoms with Crippen LogP contribution in [0.15, 0.2) is 16.8 Å². The molecule has 116 valence electrons. The first-order valence-electron chi connectivity index (χ1n) is 7.79. The number of piperidine rings is 1. The molecule has 2 aromatic heterocycles. The molecule has 4 rings (SSSR count). The molecule has 0 radical (unpaired) electrons. The average molecular weight is 301 g/mol. The van der Waals surface area contributed by atoms with Crippen LogP contribution in [0, 0.1) is 0 Å². The summed E-state index contributed by atoms with van der Waals surface area (Å²) < 4.78 is 10.5. The predicted molar refractivity (Wildman–Crippen MR) is 79.0 cm³/mol. The van der Waals surface area contributed by atoms with Crippen LogP contribution in [0.3, 0.4) is 0 Å². The minimum atomic E-state index is 0.373. The summed E-state index contributed by atoms with van der Waals surface area (Å²) in [7, 11) is 1.62. The minimum absolute atomic E-state index is 0.373. The molecule has 1 saturated carbocycles. The number of hydrogen-bond donors (Lipinski definition) is 0. The Kier molecular flexibility index (Phi) is 3.40. The molecule has 0 atom stereocenters. The normalized spacial score (nSPS) is 19.4. The van der Waals surface area contributed by atoms with Gasteiger partial charge < -0.3 is 14.2 Å². The molecule has 0 spiro atoms. The van der Waals surface area contributed by atoms with Crippen LogP contribution in [-0.4, -0.2) is 40.3 Å². The zero-order chi connectivity index (χ0) is 14.9. The highest BCUT2D eigenvalue weighted by Gasteiger charge is 2.32. The number of rotatable bonds is 4. The van der Waals surface area contributed by atoms with Gasteiger partial charge in [0.05, 0.1) is 7.11 Å². The first-order chi connectivity index (χ1) is 10.8. The van der Waals surface area contributed by atoms with E-state index in [2.05, 4.69) is 25.0 Å². The van der Waals surface area contributed by atoms with E-state index in [-0.39, 0.29) is 0 Å². The third kappa shape index (κ3) is 2.63. The van der Waals surface area contributed by atoms with Gasteiger partial charge in [0.2, 0.25) is 17.7 Å². The highest BCUT2D eigenvalue weighted by atomic mass is 16.5. The highest BCUT2D eigenvalue weighted by molar-refractivity contribution is 5.33. The summed E-state index contributed by atoms with van der Waals surface area (Å²) in [6.07, 6.45) is 6.09. The number of ether oxygens (including phenoxy) is 1. The molecule has 22 heavy (non-hydrogen) atoms. The Hall–Kier alpha value is -2.18. The van der Waals surface area contributed by atoms with Gasteiger partial charge in [-0.1, -0.05) is 5.16 Å². The minimum Gasteiger partial charge on any atom is -0.481 e. The van der Waals surface area contributed by atoms with Crippen molar-refractivity contribution in [3.63, 3.8) is 0 Å². The number of anilines is 1. The van der Waals surface area contributed by atoms with E-state index in [0.717, 1.165) is 43.6 Å². The summed E-state index contributed by atoms with van der Waals surface area (Å²) in [5, 5.41) is 4.17. The third-order valence-electron chi connectivity index (χ3n) is 4.35. The molecule has 1 aliphatic heterocycles. The number of hydrogen-bond acceptors (Lipinski definition) is 7. The van der Waals surface area contributed by atoms with Crippen molar-refractivity contribution in [1.82, 2.24) is 20.1 Å². The first kappa shape index (κ1) is 13.5. The number of methoxy groups -OCH3 is 1. The van der Waals surface area contributed by atoms with E-state index < -0.39 is 0 Å². The van der Waals surface area contributed by atoms with Crippen molar-refractivity contribution in [2.24, 2.45) is 0 Å². The molecule has 1 aliphatic carbocycles. The van der Waals surface area contributed by atoms with E-state index >= 15 is 0 Å². The van der Waals surface area contributed by atoms with Crippen LogP contribution in [0.1, 0.15) is 49.2 Å². The fourth-order valence-corrected chi connectivity index (χ4v) is 2.85. The van der Waals surface area contributed by atoms with Crippen molar-refractivity contribution in [1.29, 1.82) is 0 Å². The van der Waals surface area contributed by atoms with E-state index in [0.29, 0.717) is 17.7 Å². The van der Waals surface area contributed by atoms with Gasteiger partial charge >= 0.3 is 0 Å². The molecule has 0 unspecified atom stereocenters. The van der Waals surface area contributed by atoms with Crippen molar-refractivity contribution >= 4 is 5.95 Å². The van der Waals surface area contributed by atoms with E-state index in [1.54, 1.807) is 19.4 Å². The first-order valence-corrected chi connectivity index (χ1v) is 7.79.